The van der Waals surface area contributed by atoms with Crippen LogP contribution in [-0.2, 0) is 16.0 Å². The van der Waals surface area contributed by atoms with Crippen molar-refractivity contribution in [1.82, 2.24) is 15.1 Å². The molecule has 1 aromatic rings. The van der Waals surface area contributed by atoms with Crippen molar-refractivity contribution in [1.29, 1.82) is 0 Å². The number of benzene rings is 1. The number of nitrogens with zero attached hydrogens (tertiary/aromatic N) is 2. The summed E-state index contributed by atoms with van der Waals surface area (Å²) in [6.45, 7) is 11.9. The van der Waals surface area contributed by atoms with Crippen molar-refractivity contribution in [3.63, 3.8) is 0 Å². The number of piperidine rings is 1. The molecule has 2 aliphatic rings. The Kier molecular flexibility index (Phi) is 9.15. The van der Waals surface area contributed by atoms with Gasteiger partial charge in [-0.05, 0) is 75.1 Å². The van der Waals surface area contributed by atoms with Crippen molar-refractivity contribution in [2.75, 3.05) is 26.2 Å². The topological polar surface area (TPSA) is 52.7 Å². The van der Waals surface area contributed by atoms with E-state index < -0.39 is 6.04 Å². The molecule has 1 N–H and O–H groups in total. The summed E-state index contributed by atoms with van der Waals surface area (Å²) >= 11 is 0. The molecule has 32 heavy (non-hydrogen) atoms. The van der Waals surface area contributed by atoms with Crippen molar-refractivity contribution in [2.45, 2.75) is 84.7 Å². The van der Waals surface area contributed by atoms with E-state index in [2.05, 4.69) is 46.3 Å². The first-order valence-electron chi connectivity index (χ1n) is 12.7. The minimum Gasteiger partial charge on any atom is -0.344 e. The van der Waals surface area contributed by atoms with Gasteiger partial charge < -0.3 is 15.1 Å². The van der Waals surface area contributed by atoms with Crippen LogP contribution in [0.3, 0.4) is 0 Å². The van der Waals surface area contributed by atoms with Crippen LogP contribution < -0.4 is 5.32 Å². The van der Waals surface area contributed by atoms with Crippen LogP contribution in [-0.4, -0.2) is 59.9 Å². The SMILES string of the molecule is CC(=O)N[C@H](C(=O)N(CC1CCN(CCc2ccccc2C)CC1)C1CCCC1)C(C)C. The lowest BCUT2D eigenvalue weighted by molar-refractivity contribution is -0.140. The fourth-order valence-electron chi connectivity index (χ4n) is 5.39. The van der Waals surface area contributed by atoms with E-state index in [1.807, 2.05) is 13.8 Å². The lowest BCUT2D eigenvalue weighted by Crippen LogP contribution is -2.54. The molecule has 1 aliphatic heterocycles. The number of carbonyl (C=O) groups is 2. The van der Waals surface area contributed by atoms with Gasteiger partial charge >= 0.3 is 0 Å². The first-order chi connectivity index (χ1) is 15.3. The van der Waals surface area contributed by atoms with Crippen LogP contribution in [0.4, 0.5) is 0 Å². The molecule has 1 atom stereocenters. The molecule has 1 saturated heterocycles. The molecule has 5 nitrogen and oxygen atoms in total. The fraction of sp³-hybridized carbons (Fsp3) is 0.704. The molecular formula is C27H43N3O2. The molecule has 0 spiro atoms. The second-order valence-corrected chi connectivity index (χ2v) is 10.3. The molecule has 3 rings (SSSR count). The van der Waals surface area contributed by atoms with Gasteiger partial charge in [0.15, 0.2) is 0 Å². The Morgan fingerprint density at radius 3 is 2.34 bits per heavy atom. The van der Waals surface area contributed by atoms with Gasteiger partial charge in [-0.3, -0.25) is 9.59 Å². The summed E-state index contributed by atoms with van der Waals surface area (Å²) in [6.07, 6.45) is 8.03. The molecule has 178 valence electrons. The van der Waals surface area contributed by atoms with Gasteiger partial charge in [0.05, 0.1) is 0 Å². The van der Waals surface area contributed by atoms with E-state index in [1.165, 1.54) is 30.9 Å². The van der Waals surface area contributed by atoms with E-state index in [0.29, 0.717) is 12.0 Å². The summed E-state index contributed by atoms with van der Waals surface area (Å²) in [7, 11) is 0. The quantitative estimate of drug-likeness (QED) is 0.625. The Morgan fingerprint density at radius 2 is 1.75 bits per heavy atom. The maximum Gasteiger partial charge on any atom is 0.245 e. The molecule has 2 fully saturated rings. The maximum absolute atomic E-state index is 13.5. The lowest BCUT2D eigenvalue weighted by Gasteiger charge is -2.39. The number of rotatable bonds is 9. The third kappa shape index (κ3) is 6.81. The van der Waals surface area contributed by atoms with E-state index in [9.17, 15) is 9.59 Å². The summed E-state index contributed by atoms with van der Waals surface area (Å²) in [5, 5.41) is 2.93. The molecule has 2 amide bonds. The number of aryl methyl sites for hydroxylation is 1. The molecule has 0 aromatic heterocycles. The second kappa shape index (κ2) is 11.8. The van der Waals surface area contributed by atoms with Crippen LogP contribution in [0.25, 0.3) is 0 Å². The highest BCUT2D eigenvalue weighted by molar-refractivity contribution is 5.87. The number of amides is 2. The Morgan fingerprint density at radius 1 is 1.09 bits per heavy atom. The minimum atomic E-state index is -0.415. The van der Waals surface area contributed by atoms with Crippen LogP contribution in [0.5, 0.6) is 0 Å². The van der Waals surface area contributed by atoms with E-state index in [1.54, 1.807) is 0 Å². The van der Waals surface area contributed by atoms with Gasteiger partial charge in [-0.15, -0.1) is 0 Å². The molecular weight excluding hydrogens is 398 g/mol. The predicted molar refractivity (Wildman–Crippen MR) is 130 cm³/mol. The smallest absolute Gasteiger partial charge is 0.245 e. The summed E-state index contributed by atoms with van der Waals surface area (Å²) in [5.74, 6) is 0.660. The standard InChI is InChI=1S/C27H43N3O2/c1-20(2)26(28-22(4)31)27(32)30(25-11-7-8-12-25)19-23-13-16-29(17-14-23)18-15-24-10-6-5-9-21(24)3/h5-6,9-10,20,23,25-26H,7-8,11-19H2,1-4H3,(H,28,31)/t26-/m0/s1. The van der Waals surface area contributed by atoms with E-state index in [4.69, 9.17) is 0 Å². The largest absolute Gasteiger partial charge is 0.344 e. The summed E-state index contributed by atoms with van der Waals surface area (Å²) in [6, 6.07) is 8.61. The maximum atomic E-state index is 13.5. The van der Waals surface area contributed by atoms with Gasteiger partial charge in [0.1, 0.15) is 6.04 Å². The number of nitrogens with one attached hydrogen (secondary N) is 1. The van der Waals surface area contributed by atoms with Crippen LogP contribution in [0.15, 0.2) is 24.3 Å². The third-order valence-corrected chi connectivity index (χ3v) is 7.46. The lowest BCUT2D eigenvalue weighted by atomic mass is 9.93. The zero-order valence-electron chi connectivity index (χ0n) is 20.6. The van der Waals surface area contributed by atoms with E-state index >= 15 is 0 Å². The Bertz CT molecular complexity index is 749. The van der Waals surface area contributed by atoms with Crippen molar-refractivity contribution in [3.05, 3.63) is 35.4 Å². The highest BCUT2D eigenvalue weighted by Gasteiger charge is 2.35. The van der Waals surface area contributed by atoms with Crippen molar-refractivity contribution >= 4 is 11.8 Å². The molecule has 0 bridgehead atoms. The normalized spacial score (nSPS) is 19.3. The second-order valence-electron chi connectivity index (χ2n) is 10.3. The van der Waals surface area contributed by atoms with E-state index in [0.717, 1.165) is 58.3 Å². The average Bonchev–Trinajstić information content (AvgIpc) is 3.30. The van der Waals surface area contributed by atoms with Crippen molar-refractivity contribution < 1.29 is 9.59 Å². The number of hydrogen-bond acceptors (Lipinski definition) is 3. The van der Waals surface area contributed by atoms with Crippen LogP contribution in [0.2, 0.25) is 0 Å². The molecule has 1 aromatic carbocycles. The predicted octanol–water partition coefficient (Wildman–Crippen LogP) is 4.18. The zero-order valence-corrected chi connectivity index (χ0v) is 20.6. The van der Waals surface area contributed by atoms with Gasteiger partial charge in [0.25, 0.3) is 0 Å². The van der Waals surface area contributed by atoms with Crippen LogP contribution in [0.1, 0.15) is 70.4 Å². The van der Waals surface area contributed by atoms with Gasteiger partial charge in [0, 0.05) is 26.1 Å². The summed E-state index contributed by atoms with van der Waals surface area (Å²) in [4.78, 5) is 30.0. The van der Waals surface area contributed by atoms with Gasteiger partial charge in [0.2, 0.25) is 11.8 Å². The minimum absolute atomic E-state index is 0.0959. The first kappa shape index (κ1) is 24.8. The Balaban J connectivity index is 1.56. The van der Waals surface area contributed by atoms with Gasteiger partial charge in [-0.2, -0.15) is 0 Å². The summed E-state index contributed by atoms with van der Waals surface area (Å²) < 4.78 is 0. The molecule has 1 saturated carbocycles. The fourth-order valence-corrected chi connectivity index (χ4v) is 5.39. The molecule has 5 heteroatoms. The number of hydrogen-bond donors (Lipinski definition) is 1. The monoisotopic (exact) mass is 441 g/mol. The first-order valence-corrected chi connectivity index (χ1v) is 12.7. The average molecular weight is 442 g/mol. The Labute approximate surface area is 194 Å². The molecule has 1 heterocycles. The van der Waals surface area contributed by atoms with Crippen LogP contribution in [0, 0.1) is 18.8 Å². The highest BCUT2D eigenvalue weighted by Crippen LogP contribution is 2.28. The Hall–Kier alpha value is -1.88. The van der Waals surface area contributed by atoms with Gasteiger partial charge in [-0.25, -0.2) is 0 Å². The number of likely N-dealkylation sites (tertiary alicyclic amines) is 1. The molecule has 0 radical (unpaired) electrons. The van der Waals surface area contributed by atoms with Crippen molar-refractivity contribution in [3.8, 4) is 0 Å². The third-order valence-electron chi connectivity index (χ3n) is 7.46. The van der Waals surface area contributed by atoms with Crippen molar-refractivity contribution in [2.24, 2.45) is 11.8 Å². The zero-order chi connectivity index (χ0) is 23.1. The molecule has 1 aliphatic carbocycles. The molecule has 0 unspecified atom stereocenters. The van der Waals surface area contributed by atoms with Crippen LogP contribution >= 0.6 is 0 Å². The number of carbonyl (C=O) groups excluding carboxylic acids is 2. The van der Waals surface area contributed by atoms with Gasteiger partial charge in [-0.1, -0.05) is 51.0 Å². The van der Waals surface area contributed by atoms with E-state index in [-0.39, 0.29) is 17.7 Å². The highest BCUT2D eigenvalue weighted by atomic mass is 16.2. The summed E-state index contributed by atoms with van der Waals surface area (Å²) in [5.41, 5.74) is 2.83.